The number of urea groups is 1. The molecule has 262 valence electrons. The van der Waals surface area contributed by atoms with Gasteiger partial charge in [-0.05, 0) is 49.3 Å². The molecule has 0 radical (unpaired) electrons. The number of aliphatic hydroxyl groups is 1. The van der Waals surface area contributed by atoms with Gasteiger partial charge in [0, 0.05) is 47.7 Å². The van der Waals surface area contributed by atoms with Gasteiger partial charge in [0.1, 0.15) is 6.04 Å². The van der Waals surface area contributed by atoms with Crippen LogP contribution in [0.15, 0.2) is 71.1 Å². The largest absolute Gasteiger partial charge is 0.390 e. The maximum atomic E-state index is 14.0. The van der Waals surface area contributed by atoms with Gasteiger partial charge in [-0.2, -0.15) is 0 Å². The summed E-state index contributed by atoms with van der Waals surface area (Å²) < 4.78 is 29.9. The molecule has 0 saturated carbocycles. The van der Waals surface area contributed by atoms with Gasteiger partial charge < -0.3 is 20.2 Å². The first-order chi connectivity index (χ1) is 23.3. The Bertz CT molecular complexity index is 1860. The standard InChI is InChI=1S/C36H46N6O5S2/c1-23(2)18-30-28-12-9-13-33(29(28)14-15-37-30)49(46,47)38-20-32(43)31(19-26-10-7-6-8-11-26)40-35(44)34(24(3)4)42-17-16-41(36(42)45)21-27-22-48-25(5)39-27/h6-15,22-24,31-32,34,38,43H,16-21H2,1-5H3,(H,40,44)/t31-,32-,34-/m0/s1. The number of sulfonamides is 1. The lowest BCUT2D eigenvalue weighted by atomic mass is 9.98. The SMILES string of the molecule is Cc1nc(CN2CCN([C@H](C(=O)N[C@@H](Cc3ccccc3)[C@@H](O)CNS(=O)(=O)c3cccc4c(CC(C)C)nccc34)C(C)C)C2=O)cs1. The number of amides is 3. The molecule has 2 aromatic heterocycles. The van der Waals surface area contributed by atoms with Crippen molar-refractivity contribution >= 4 is 44.1 Å². The Morgan fingerprint density at radius 3 is 2.43 bits per heavy atom. The number of fused-ring (bicyclic) bond motifs is 1. The molecule has 4 aromatic rings. The summed E-state index contributed by atoms with van der Waals surface area (Å²) >= 11 is 1.53. The molecule has 1 aliphatic rings. The Morgan fingerprint density at radius 1 is 1.00 bits per heavy atom. The van der Waals surface area contributed by atoms with Crippen molar-refractivity contribution < 1.29 is 23.1 Å². The van der Waals surface area contributed by atoms with Crippen LogP contribution < -0.4 is 10.0 Å². The van der Waals surface area contributed by atoms with Crippen molar-refractivity contribution in [3.8, 4) is 0 Å². The second kappa shape index (κ2) is 15.8. The Balaban J connectivity index is 1.33. The quantitative estimate of drug-likeness (QED) is 0.165. The molecule has 0 bridgehead atoms. The second-order valence-electron chi connectivity index (χ2n) is 13.4. The van der Waals surface area contributed by atoms with Crippen LogP contribution in [-0.4, -0.2) is 83.1 Å². The van der Waals surface area contributed by atoms with Crippen molar-refractivity contribution in [2.75, 3.05) is 19.6 Å². The van der Waals surface area contributed by atoms with Gasteiger partial charge in [0.2, 0.25) is 15.9 Å². The van der Waals surface area contributed by atoms with E-state index >= 15 is 0 Å². The van der Waals surface area contributed by atoms with Crippen molar-refractivity contribution in [2.24, 2.45) is 11.8 Å². The zero-order valence-corrected chi connectivity index (χ0v) is 30.3. The van der Waals surface area contributed by atoms with Gasteiger partial charge in [0.05, 0.1) is 34.3 Å². The van der Waals surface area contributed by atoms with Crippen molar-refractivity contribution in [3.63, 3.8) is 0 Å². The van der Waals surface area contributed by atoms with Crippen molar-refractivity contribution in [3.05, 3.63) is 88.1 Å². The Hall–Kier alpha value is -3.91. The molecule has 0 unspecified atom stereocenters. The summed E-state index contributed by atoms with van der Waals surface area (Å²) in [7, 11) is -4.06. The number of pyridine rings is 1. The Kier molecular flexibility index (Phi) is 11.7. The molecular formula is C36H46N6O5S2. The average Bonchev–Trinajstić information content (AvgIpc) is 3.63. The molecule has 1 fully saturated rings. The van der Waals surface area contributed by atoms with E-state index in [4.69, 9.17) is 0 Å². The van der Waals surface area contributed by atoms with Crippen molar-refractivity contribution in [1.29, 1.82) is 0 Å². The maximum absolute atomic E-state index is 14.0. The van der Waals surface area contributed by atoms with Crippen molar-refractivity contribution in [2.45, 2.75) is 77.1 Å². The fraction of sp³-hybridized carbons (Fsp3) is 0.444. The third-order valence-electron chi connectivity index (χ3n) is 8.70. The molecule has 3 atom stereocenters. The molecule has 3 amide bonds. The zero-order valence-electron chi connectivity index (χ0n) is 28.7. The number of carbonyl (C=O) groups is 2. The van der Waals surface area contributed by atoms with Gasteiger partial charge >= 0.3 is 6.03 Å². The van der Waals surface area contributed by atoms with Crippen LogP contribution in [0.3, 0.4) is 0 Å². The smallest absolute Gasteiger partial charge is 0.321 e. The number of thiazole rings is 1. The van der Waals surface area contributed by atoms with E-state index in [2.05, 4.69) is 33.9 Å². The molecule has 3 N–H and O–H groups in total. The Labute approximate surface area is 292 Å². The highest BCUT2D eigenvalue weighted by atomic mass is 32.2. The Morgan fingerprint density at radius 2 is 1.76 bits per heavy atom. The summed E-state index contributed by atoms with van der Waals surface area (Å²) in [5.41, 5.74) is 2.50. The topological polar surface area (TPSA) is 145 Å². The number of nitrogens with zero attached hydrogens (tertiary/aromatic N) is 4. The highest BCUT2D eigenvalue weighted by molar-refractivity contribution is 7.89. The second-order valence-corrected chi connectivity index (χ2v) is 16.2. The number of aryl methyl sites for hydroxylation is 1. The van der Waals surface area contributed by atoms with E-state index in [9.17, 15) is 23.1 Å². The lowest BCUT2D eigenvalue weighted by molar-refractivity contribution is -0.128. The molecule has 13 heteroatoms. The number of hydrogen-bond acceptors (Lipinski definition) is 8. The lowest BCUT2D eigenvalue weighted by Crippen LogP contribution is -2.57. The van der Waals surface area contributed by atoms with Crippen LogP contribution in [0.5, 0.6) is 0 Å². The van der Waals surface area contributed by atoms with E-state index in [0.29, 0.717) is 37.4 Å². The van der Waals surface area contributed by atoms with Crippen LogP contribution in [0.25, 0.3) is 10.8 Å². The van der Waals surface area contributed by atoms with Crippen LogP contribution in [0.2, 0.25) is 0 Å². The number of aliphatic hydroxyl groups excluding tert-OH is 1. The van der Waals surface area contributed by atoms with Gasteiger partial charge in [-0.3, -0.25) is 9.78 Å². The van der Waals surface area contributed by atoms with E-state index in [-0.39, 0.29) is 29.8 Å². The third-order valence-corrected chi connectivity index (χ3v) is 11.0. The fourth-order valence-electron chi connectivity index (χ4n) is 6.34. The number of nitrogens with one attached hydrogen (secondary N) is 2. The first-order valence-corrected chi connectivity index (χ1v) is 19.1. The molecule has 11 nitrogen and oxygen atoms in total. The first-order valence-electron chi connectivity index (χ1n) is 16.7. The van der Waals surface area contributed by atoms with Gasteiger partial charge in [0.25, 0.3) is 0 Å². The summed E-state index contributed by atoms with van der Waals surface area (Å²) in [6.45, 7) is 10.7. The van der Waals surface area contributed by atoms with Crippen LogP contribution in [-0.2, 0) is 34.2 Å². The molecule has 5 rings (SSSR count). The van der Waals surface area contributed by atoms with Crippen LogP contribution >= 0.6 is 11.3 Å². The maximum Gasteiger partial charge on any atom is 0.321 e. The molecular weight excluding hydrogens is 661 g/mol. The van der Waals surface area contributed by atoms with Gasteiger partial charge in [-0.15, -0.1) is 11.3 Å². The number of benzene rings is 2. The molecule has 2 aromatic carbocycles. The lowest BCUT2D eigenvalue weighted by Gasteiger charge is -2.33. The van der Waals surface area contributed by atoms with Crippen LogP contribution in [0.1, 0.15) is 49.7 Å². The summed E-state index contributed by atoms with van der Waals surface area (Å²) in [5.74, 6) is -0.286. The van der Waals surface area contributed by atoms with Gasteiger partial charge in [-0.1, -0.05) is 70.2 Å². The highest BCUT2D eigenvalue weighted by Crippen LogP contribution is 2.26. The molecule has 1 aliphatic heterocycles. The minimum atomic E-state index is -4.06. The molecule has 0 aliphatic carbocycles. The number of aromatic nitrogens is 2. The molecule has 1 saturated heterocycles. The summed E-state index contributed by atoms with van der Waals surface area (Å²) in [4.78, 5) is 39.8. The van der Waals surface area contributed by atoms with E-state index < -0.39 is 34.1 Å². The van der Waals surface area contributed by atoms with Crippen LogP contribution in [0.4, 0.5) is 4.79 Å². The fourth-order valence-corrected chi connectivity index (χ4v) is 8.22. The predicted octanol–water partition coefficient (Wildman–Crippen LogP) is 4.53. The zero-order chi connectivity index (χ0) is 35.3. The minimum Gasteiger partial charge on any atom is -0.390 e. The van der Waals surface area contributed by atoms with E-state index in [1.54, 1.807) is 34.2 Å². The van der Waals surface area contributed by atoms with Gasteiger partial charge in [-0.25, -0.2) is 22.9 Å². The number of hydrogen-bond donors (Lipinski definition) is 3. The van der Waals surface area contributed by atoms with Crippen molar-refractivity contribution in [1.82, 2.24) is 29.8 Å². The molecule has 3 heterocycles. The number of carbonyl (C=O) groups excluding carboxylic acids is 2. The van der Waals surface area contributed by atoms with Crippen LogP contribution in [0, 0.1) is 18.8 Å². The summed E-state index contributed by atoms with van der Waals surface area (Å²) in [6.07, 6.45) is 1.30. The van der Waals surface area contributed by atoms with E-state index in [0.717, 1.165) is 27.3 Å². The normalized spacial score (nSPS) is 15.7. The molecule has 49 heavy (non-hydrogen) atoms. The summed E-state index contributed by atoms with van der Waals surface area (Å²) in [5, 5.41) is 18.7. The first kappa shape index (κ1) is 36.4. The predicted molar refractivity (Wildman–Crippen MR) is 192 cm³/mol. The minimum absolute atomic E-state index is 0.0954. The molecule has 0 spiro atoms. The van der Waals surface area contributed by atoms with Gasteiger partial charge in [0.15, 0.2) is 0 Å². The average molecular weight is 707 g/mol. The monoisotopic (exact) mass is 706 g/mol. The number of rotatable bonds is 15. The van der Waals surface area contributed by atoms with E-state index in [1.165, 1.54) is 11.3 Å². The third kappa shape index (κ3) is 8.82. The highest BCUT2D eigenvalue weighted by Gasteiger charge is 2.40. The summed E-state index contributed by atoms with van der Waals surface area (Å²) in [6, 6.07) is 14.3. The van der Waals surface area contributed by atoms with E-state index in [1.807, 2.05) is 62.5 Å².